The summed E-state index contributed by atoms with van der Waals surface area (Å²) in [5.74, 6) is 1.06. The summed E-state index contributed by atoms with van der Waals surface area (Å²) in [5.41, 5.74) is 0.685. The fourth-order valence-corrected chi connectivity index (χ4v) is 4.62. The molecule has 1 saturated carbocycles. The van der Waals surface area contributed by atoms with Crippen molar-refractivity contribution >= 4 is 11.8 Å². The summed E-state index contributed by atoms with van der Waals surface area (Å²) in [5, 5.41) is 0. The van der Waals surface area contributed by atoms with Crippen LogP contribution in [0.1, 0.15) is 43.5 Å². The molecule has 7 nitrogen and oxygen atoms in total. The van der Waals surface area contributed by atoms with Crippen molar-refractivity contribution in [3.05, 3.63) is 29.8 Å². The van der Waals surface area contributed by atoms with Crippen molar-refractivity contribution in [2.75, 3.05) is 58.9 Å². The van der Waals surface area contributed by atoms with Crippen molar-refractivity contribution in [1.82, 2.24) is 19.6 Å². The first-order valence-electron chi connectivity index (χ1n) is 11.8. The highest BCUT2D eigenvalue weighted by Crippen LogP contribution is 2.25. The van der Waals surface area contributed by atoms with Gasteiger partial charge in [-0.05, 0) is 51.0 Å². The van der Waals surface area contributed by atoms with Crippen LogP contribution in [0.4, 0.5) is 0 Å². The van der Waals surface area contributed by atoms with Gasteiger partial charge in [0.25, 0.3) is 5.91 Å². The number of amides is 2. The largest absolute Gasteiger partial charge is 0.491 e. The Morgan fingerprint density at radius 2 is 1.52 bits per heavy atom. The second-order valence-electron chi connectivity index (χ2n) is 9.26. The smallest absolute Gasteiger partial charge is 0.253 e. The SMILES string of the molecule is CC(C)Oc1ccc(C(=O)N2CCN(CC(=O)N3CCN(C4CCC4)CC3)CC2)cc1. The number of hydrogen-bond donors (Lipinski definition) is 0. The molecule has 2 saturated heterocycles. The van der Waals surface area contributed by atoms with Gasteiger partial charge in [-0.15, -0.1) is 0 Å². The number of benzene rings is 1. The van der Waals surface area contributed by atoms with E-state index < -0.39 is 0 Å². The molecule has 0 spiro atoms. The summed E-state index contributed by atoms with van der Waals surface area (Å²) < 4.78 is 5.65. The van der Waals surface area contributed by atoms with Crippen LogP contribution in [0.25, 0.3) is 0 Å². The van der Waals surface area contributed by atoms with Gasteiger partial charge in [0.2, 0.25) is 5.91 Å². The molecule has 170 valence electrons. The molecule has 7 heteroatoms. The van der Waals surface area contributed by atoms with Gasteiger partial charge >= 0.3 is 0 Å². The number of carbonyl (C=O) groups excluding carboxylic acids is 2. The van der Waals surface area contributed by atoms with Crippen molar-refractivity contribution in [3.8, 4) is 5.75 Å². The summed E-state index contributed by atoms with van der Waals surface area (Å²) in [4.78, 5) is 34.2. The van der Waals surface area contributed by atoms with Gasteiger partial charge < -0.3 is 14.5 Å². The first-order valence-corrected chi connectivity index (χ1v) is 11.8. The molecule has 2 amide bonds. The number of carbonyl (C=O) groups is 2. The van der Waals surface area contributed by atoms with Crippen molar-refractivity contribution in [2.45, 2.75) is 45.3 Å². The molecule has 0 aromatic heterocycles. The Morgan fingerprint density at radius 1 is 0.903 bits per heavy atom. The molecular formula is C24H36N4O3. The van der Waals surface area contributed by atoms with Gasteiger partial charge in [0.05, 0.1) is 12.6 Å². The van der Waals surface area contributed by atoms with Gasteiger partial charge in [-0.2, -0.15) is 0 Å². The van der Waals surface area contributed by atoms with Crippen molar-refractivity contribution in [3.63, 3.8) is 0 Å². The van der Waals surface area contributed by atoms with E-state index in [0.29, 0.717) is 25.2 Å². The quantitative estimate of drug-likeness (QED) is 0.693. The van der Waals surface area contributed by atoms with Gasteiger partial charge in [-0.3, -0.25) is 19.4 Å². The molecule has 4 rings (SSSR count). The van der Waals surface area contributed by atoms with Gasteiger partial charge in [-0.1, -0.05) is 6.42 Å². The minimum absolute atomic E-state index is 0.0502. The molecule has 2 aliphatic heterocycles. The maximum Gasteiger partial charge on any atom is 0.253 e. The summed E-state index contributed by atoms with van der Waals surface area (Å²) in [6.45, 7) is 11.0. The third-order valence-corrected chi connectivity index (χ3v) is 6.75. The molecule has 3 fully saturated rings. The van der Waals surface area contributed by atoms with E-state index in [1.54, 1.807) is 0 Å². The van der Waals surface area contributed by atoms with Gasteiger partial charge in [0.15, 0.2) is 0 Å². The Hall–Kier alpha value is -2.12. The zero-order valence-corrected chi connectivity index (χ0v) is 19.0. The summed E-state index contributed by atoms with van der Waals surface area (Å²) in [7, 11) is 0. The number of rotatable bonds is 6. The van der Waals surface area contributed by atoms with Crippen LogP contribution in [0.15, 0.2) is 24.3 Å². The van der Waals surface area contributed by atoms with Crippen LogP contribution in [0.3, 0.4) is 0 Å². The number of nitrogens with zero attached hydrogens (tertiary/aromatic N) is 4. The Morgan fingerprint density at radius 3 is 2.06 bits per heavy atom. The van der Waals surface area contributed by atoms with E-state index >= 15 is 0 Å². The minimum atomic E-state index is 0.0502. The monoisotopic (exact) mass is 428 g/mol. The molecule has 0 N–H and O–H groups in total. The Labute approximate surface area is 185 Å². The zero-order valence-electron chi connectivity index (χ0n) is 19.0. The molecule has 0 bridgehead atoms. The van der Waals surface area contributed by atoms with Crippen molar-refractivity contribution < 1.29 is 14.3 Å². The summed E-state index contributed by atoms with van der Waals surface area (Å²) >= 11 is 0. The predicted octanol–water partition coefficient (Wildman–Crippen LogP) is 1.93. The number of piperazine rings is 2. The third-order valence-electron chi connectivity index (χ3n) is 6.75. The van der Waals surface area contributed by atoms with Crippen molar-refractivity contribution in [2.24, 2.45) is 0 Å². The molecular weight excluding hydrogens is 392 g/mol. The van der Waals surface area contributed by atoms with E-state index in [2.05, 4.69) is 9.80 Å². The highest BCUT2D eigenvalue weighted by molar-refractivity contribution is 5.94. The lowest BCUT2D eigenvalue weighted by molar-refractivity contribution is -0.135. The minimum Gasteiger partial charge on any atom is -0.491 e. The highest BCUT2D eigenvalue weighted by Gasteiger charge is 2.30. The van der Waals surface area contributed by atoms with Crippen LogP contribution in [-0.2, 0) is 4.79 Å². The van der Waals surface area contributed by atoms with E-state index in [0.717, 1.165) is 51.1 Å². The molecule has 0 radical (unpaired) electrons. The van der Waals surface area contributed by atoms with E-state index in [-0.39, 0.29) is 17.9 Å². The van der Waals surface area contributed by atoms with Gasteiger partial charge in [0, 0.05) is 64.0 Å². The maximum absolute atomic E-state index is 12.8. The molecule has 1 aromatic carbocycles. The predicted molar refractivity (Wildman–Crippen MR) is 120 cm³/mol. The molecule has 31 heavy (non-hydrogen) atoms. The maximum atomic E-state index is 12.8. The zero-order chi connectivity index (χ0) is 21.8. The second-order valence-corrected chi connectivity index (χ2v) is 9.26. The van der Waals surface area contributed by atoms with E-state index in [4.69, 9.17) is 4.74 Å². The summed E-state index contributed by atoms with van der Waals surface area (Å²) in [6, 6.07) is 8.14. The standard InChI is InChI=1S/C24H36N4O3/c1-19(2)31-22-8-6-20(7-9-22)24(30)28-12-10-25(11-13-28)18-23(29)27-16-14-26(15-17-27)21-4-3-5-21/h6-9,19,21H,3-5,10-18H2,1-2H3. The van der Waals surface area contributed by atoms with E-state index in [1.165, 1.54) is 19.3 Å². The normalized spacial score (nSPS) is 21.3. The Kier molecular flexibility index (Phi) is 7.13. The number of hydrogen-bond acceptors (Lipinski definition) is 5. The topological polar surface area (TPSA) is 56.3 Å². The Balaban J connectivity index is 1.19. The fraction of sp³-hybridized carbons (Fsp3) is 0.667. The van der Waals surface area contributed by atoms with E-state index in [1.807, 2.05) is 47.9 Å². The van der Waals surface area contributed by atoms with Crippen LogP contribution in [0, 0.1) is 0 Å². The van der Waals surface area contributed by atoms with Gasteiger partial charge in [0.1, 0.15) is 5.75 Å². The summed E-state index contributed by atoms with van der Waals surface area (Å²) in [6.07, 6.45) is 4.12. The average Bonchev–Trinajstić information content (AvgIpc) is 2.73. The van der Waals surface area contributed by atoms with E-state index in [9.17, 15) is 9.59 Å². The first kappa shape index (κ1) is 22.1. The van der Waals surface area contributed by atoms with Crippen LogP contribution < -0.4 is 4.74 Å². The molecule has 2 heterocycles. The molecule has 1 aliphatic carbocycles. The molecule has 1 aromatic rings. The van der Waals surface area contributed by atoms with Crippen LogP contribution in [-0.4, -0.2) is 102 Å². The van der Waals surface area contributed by atoms with Crippen LogP contribution >= 0.6 is 0 Å². The molecule has 3 aliphatic rings. The fourth-order valence-electron chi connectivity index (χ4n) is 4.62. The molecule has 0 atom stereocenters. The lowest BCUT2D eigenvalue weighted by Gasteiger charge is -2.43. The second kappa shape index (κ2) is 10.0. The Bertz CT molecular complexity index is 747. The lowest BCUT2D eigenvalue weighted by Crippen LogP contribution is -2.56. The first-order chi connectivity index (χ1) is 15.0. The van der Waals surface area contributed by atoms with Crippen LogP contribution in [0.2, 0.25) is 0 Å². The average molecular weight is 429 g/mol. The number of ether oxygens (including phenoxy) is 1. The highest BCUT2D eigenvalue weighted by atomic mass is 16.5. The van der Waals surface area contributed by atoms with Gasteiger partial charge in [-0.25, -0.2) is 0 Å². The van der Waals surface area contributed by atoms with Crippen LogP contribution in [0.5, 0.6) is 5.75 Å². The molecule has 0 unspecified atom stereocenters. The van der Waals surface area contributed by atoms with Crippen molar-refractivity contribution in [1.29, 1.82) is 0 Å². The lowest BCUT2D eigenvalue weighted by atomic mass is 9.91. The third kappa shape index (κ3) is 5.57.